The van der Waals surface area contributed by atoms with Gasteiger partial charge in [0.15, 0.2) is 23.2 Å². The maximum absolute atomic E-state index is 11.9. The van der Waals surface area contributed by atoms with Gasteiger partial charge >= 0.3 is 0 Å². The van der Waals surface area contributed by atoms with E-state index in [0.717, 1.165) is 12.8 Å². The van der Waals surface area contributed by atoms with E-state index in [9.17, 15) is 9.90 Å². The Morgan fingerprint density at radius 3 is 2.88 bits per heavy atom. The number of hydrogen-bond acceptors (Lipinski definition) is 7. The van der Waals surface area contributed by atoms with Crippen LogP contribution >= 0.6 is 0 Å². The van der Waals surface area contributed by atoms with E-state index in [4.69, 9.17) is 14.2 Å². The molecule has 0 spiro atoms. The number of rotatable bonds is 5. The number of imidazole rings is 1. The lowest BCUT2D eigenvalue weighted by Gasteiger charge is -2.26. The minimum atomic E-state index is -0.776. The number of aliphatic hydroxyl groups is 1. The van der Waals surface area contributed by atoms with Crippen molar-refractivity contribution in [2.24, 2.45) is 0 Å². The first-order chi connectivity index (χ1) is 12.4. The van der Waals surface area contributed by atoms with Crippen molar-refractivity contribution in [2.45, 2.75) is 76.5 Å². The summed E-state index contributed by atoms with van der Waals surface area (Å²) < 4.78 is 19.9. The molecule has 5 atom stereocenters. The third-order valence-electron chi connectivity index (χ3n) is 4.94. The van der Waals surface area contributed by atoms with Crippen LogP contribution in [0.2, 0.25) is 0 Å². The summed E-state index contributed by atoms with van der Waals surface area (Å²) in [4.78, 5) is 22.8. The molecule has 2 aromatic rings. The molecule has 2 fully saturated rings. The highest BCUT2D eigenvalue weighted by Crippen LogP contribution is 2.44. The Labute approximate surface area is 150 Å². The van der Waals surface area contributed by atoms with Gasteiger partial charge in [-0.15, -0.1) is 0 Å². The van der Waals surface area contributed by atoms with Crippen LogP contribution in [-0.2, 0) is 14.2 Å². The second-order valence-corrected chi connectivity index (χ2v) is 7.32. The molecule has 2 saturated heterocycles. The highest BCUT2D eigenvalue weighted by molar-refractivity contribution is 5.68. The van der Waals surface area contributed by atoms with Crippen molar-refractivity contribution in [3.8, 4) is 0 Å². The van der Waals surface area contributed by atoms with Crippen LogP contribution < -0.4 is 5.56 Å². The van der Waals surface area contributed by atoms with E-state index in [1.165, 1.54) is 12.7 Å². The van der Waals surface area contributed by atoms with E-state index in [0.29, 0.717) is 12.1 Å². The lowest BCUT2D eigenvalue weighted by Crippen LogP contribution is -2.38. The number of nitrogens with one attached hydrogen (secondary N) is 1. The first-order valence-corrected chi connectivity index (χ1v) is 9.00. The smallest absolute Gasteiger partial charge is 0.278 e. The maximum atomic E-state index is 11.9. The molecule has 142 valence electrons. The van der Waals surface area contributed by atoms with Crippen LogP contribution in [0.15, 0.2) is 17.4 Å². The second kappa shape index (κ2) is 6.41. The van der Waals surface area contributed by atoms with Crippen LogP contribution in [0.1, 0.15) is 46.3 Å². The Kier molecular flexibility index (Phi) is 4.34. The van der Waals surface area contributed by atoms with Gasteiger partial charge in [-0.25, -0.2) is 9.97 Å². The van der Waals surface area contributed by atoms with Crippen molar-refractivity contribution in [3.05, 3.63) is 23.0 Å². The molecule has 2 aliphatic heterocycles. The van der Waals surface area contributed by atoms with Crippen molar-refractivity contribution in [2.75, 3.05) is 0 Å². The summed E-state index contributed by atoms with van der Waals surface area (Å²) in [6.45, 7) is 5.76. The zero-order valence-corrected chi connectivity index (χ0v) is 15.1. The van der Waals surface area contributed by atoms with Gasteiger partial charge < -0.3 is 24.3 Å². The monoisotopic (exact) mass is 364 g/mol. The third kappa shape index (κ3) is 2.84. The predicted molar refractivity (Wildman–Crippen MR) is 91.4 cm³/mol. The van der Waals surface area contributed by atoms with Crippen LogP contribution in [0.5, 0.6) is 0 Å². The fourth-order valence-corrected chi connectivity index (χ4v) is 3.77. The number of unbranched alkanes of at least 4 members (excludes halogenated alkanes) is 1. The number of nitrogens with zero attached hydrogens (tertiary/aromatic N) is 3. The Morgan fingerprint density at radius 1 is 1.35 bits per heavy atom. The molecule has 26 heavy (non-hydrogen) atoms. The van der Waals surface area contributed by atoms with Gasteiger partial charge in [-0.2, -0.15) is 0 Å². The highest BCUT2D eigenvalue weighted by Gasteiger charge is 2.57. The summed E-state index contributed by atoms with van der Waals surface area (Å²) in [5, 5.41) is 10.6. The SMILES string of the molecule is CCCC[C@H](O)[C@H]1O[C@@H](n2cnc3c(=O)[nH]cnc32)[C@@H]2OC(C)(C)O[C@@H]21. The van der Waals surface area contributed by atoms with Crippen molar-refractivity contribution < 1.29 is 19.3 Å². The Morgan fingerprint density at radius 2 is 2.12 bits per heavy atom. The van der Waals surface area contributed by atoms with Gasteiger partial charge in [0, 0.05) is 0 Å². The molecule has 2 aromatic heterocycles. The van der Waals surface area contributed by atoms with E-state index in [1.54, 1.807) is 4.57 Å². The van der Waals surface area contributed by atoms with Crippen LogP contribution in [0.25, 0.3) is 11.2 Å². The molecule has 4 heterocycles. The molecule has 9 nitrogen and oxygen atoms in total. The van der Waals surface area contributed by atoms with Crippen LogP contribution in [0.4, 0.5) is 0 Å². The molecule has 0 aliphatic carbocycles. The normalized spacial score (nSPS) is 31.4. The topological polar surface area (TPSA) is 111 Å². The van der Waals surface area contributed by atoms with E-state index in [-0.39, 0.29) is 11.1 Å². The van der Waals surface area contributed by atoms with E-state index < -0.39 is 36.4 Å². The Bertz CT molecular complexity index is 847. The fourth-order valence-electron chi connectivity index (χ4n) is 3.77. The van der Waals surface area contributed by atoms with E-state index >= 15 is 0 Å². The van der Waals surface area contributed by atoms with Gasteiger partial charge in [0.25, 0.3) is 5.56 Å². The molecule has 9 heteroatoms. The molecule has 2 N–H and O–H groups in total. The van der Waals surface area contributed by atoms with Gasteiger partial charge in [0.05, 0.1) is 18.8 Å². The molecule has 4 rings (SSSR count). The third-order valence-corrected chi connectivity index (χ3v) is 4.94. The quantitative estimate of drug-likeness (QED) is 0.817. The zero-order chi connectivity index (χ0) is 18.5. The van der Waals surface area contributed by atoms with Crippen molar-refractivity contribution in [3.63, 3.8) is 0 Å². The van der Waals surface area contributed by atoms with Gasteiger partial charge in [0.1, 0.15) is 18.3 Å². The fraction of sp³-hybridized carbons (Fsp3) is 0.706. The van der Waals surface area contributed by atoms with Crippen molar-refractivity contribution in [1.29, 1.82) is 0 Å². The number of ether oxygens (including phenoxy) is 3. The Hall–Kier alpha value is -1.81. The molecular weight excluding hydrogens is 340 g/mol. The number of aliphatic hydroxyl groups excluding tert-OH is 1. The summed E-state index contributed by atoms with van der Waals surface area (Å²) in [6.07, 6.45) is 2.79. The van der Waals surface area contributed by atoms with Gasteiger partial charge in [-0.1, -0.05) is 19.8 Å². The van der Waals surface area contributed by atoms with Crippen LogP contribution in [-0.4, -0.2) is 54.8 Å². The summed E-state index contributed by atoms with van der Waals surface area (Å²) in [7, 11) is 0. The molecule has 2 aliphatic rings. The van der Waals surface area contributed by atoms with Crippen LogP contribution in [0.3, 0.4) is 0 Å². The average Bonchev–Trinajstić information content (AvgIpc) is 3.24. The summed E-state index contributed by atoms with van der Waals surface area (Å²) in [5.41, 5.74) is 0.335. The largest absolute Gasteiger partial charge is 0.390 e. The minimum Gasteiger partial charge on any atom is -0.390 e. The number of aromatic amines is 1. The van der Waals surface area contributed by atoms with Crippen LogP contribution in [0, 0.1) is 0 Å². The lowest BCUT2D eigenvalue weighted by atomic mass is 10.0. The predicted octanol–water partition coefficient (Wildman–Crippen LogP) is 1.09. The van der Waals surface area contributed by atoms with E-state index in [2.05, 4.69) is 21.9 Å². The number of fused-ring (bicyclic) bond motifs is 2. The molecule has 0 aromatic carbocycles. The summed E-state index contributed by atoms with van der Waals surface area (Å²) >= 11 is 0. The molecule has 0 unspecified atom stereocenters. The van der Waals surface area contributed by atoms with Gasteiger partial charge in [-0.3, -0.25) is 9.36 Å². The summed E-state index contributed by atoms with van der Waals surface area (Å²) in [5.74, 6) is -0.776. The first kappa shape index (κ1) is 17.6. The standard InChI is InChI=1S/C17H24N4O5/c1-4-5-6-9(22)11-12-13(26-17(2,3)25-12)16(24-11)21-8-20-10-14(21)18-7-19-15(10)23/h7-9,11-13,16,22H,4-6H2,1-3H3,(H,18,19,23)/t9-,11+,12+,13+,16+/m0/s1. The van der Waals surface area contributed by atoms with Crippen molar-refractivity contribution in [1.82, 2.24) is 19.5 Å². The first-order valence-electron chi connectivity index (χ1n) is 9.00. The summed E-state index contributed by atoms with van der Waals surface area (Å²) in [6, 6.07) is 0. The van der Waals surface area contributed by atoms with Crippen molar-refractivity contribution >= 4 is 11.2 Å². The maximum Gasteiger partial charge on any atom is 0.278 e. The Balaban J connectivity index is 1.69. The second-order valence-electron chi connectivity index (χ2n) is 7.32. The van der Waals surface area contributed by atoms with E-state index in [1.807, 2.05) is 13.8 Å². The molecular formula is C17H24N4O5. The van der Waals surface area contributed by atoms with Gasteiger partial charge in [-0.05, 0) is 20.3 Å². The number of aromatic nitrogens is 4. The zero-order valence-electron chi connectivity index (χ0n) is 15.1. The minimum absolute atomic E-state index is 0.237. The highest BCUT2D eigenvalue weighted by atomic mass is 16.8. The number of hydrogen-bond donors (Lipinski definition) is 2. The molecule has 0 saturated carbocycles. The molecule has 0 bridgehead atoms. The molecule has 0 radical (unpaired) electrons. The number of H-pyrrole nitrogens is 1. The van der Waals surface area contributed by atoms with Gasteiger partial charge in [0.2, 0.25) is 0 Å². The lowest BCUT2D eigenvalue weighted by molar-refractivity contribution is -0.207. The molecule has 0 amide bonds. The average molecular weight is 364 g/mol.